The van der Waals surface area contributed by atoms with Gasteiger partial charge >= 0.3 is 5.97 Å². The molecule has 0 aliphatic rings. The highest BCUT2D eigenvalue weighted by molar-refractivity contribution is 5.92. The van der Waals surface area contributed by atoms with Gasteiger partial charge in [-0.3, -0.25) is 0 Å². The lowest BCUT2D eigenvalue weighted by molar-refractivity contribution is -0.132. The number of aliphatic carboxylic acids is 1. The third-order valence-corrected chi connectivity index (χ3v) is 2.66. The molecule has 2 nitrogen and oxygen atoms in total. The molecule has 0 fully saturated rings. The first kappa shape index (κ1) is 14.7. The van der Waals surface area contributed by atoms with Gasteiger partial charge in [0.2, 0.25) is 0 Å². The van der Waals surface area contributed by atoms with Crippen molar-refractivity contribution in [2.24, 2.45) is 0 Å². The van der Waals surface area contributed by atoms with E-state index in [2.05, 4.69) is 6.58 Å². The summed E-state index contributed by atoms with van der Waals surface area (Å²) < 4.78 is 0. The van der Waals surface area contributed by atoms with Crippen molar-refractivity contribution in [3.05, 3.63) is 77.4 Å². The van der Waals surface area contributed by atoms with Crippen LogP contribution in [-0.2, 0) is 4.79 Å². The number of rotatable bonds is 5. The average Bonchev–Trinajstić information content (AvgIpc) is 2.39. The Bertz CT molecular complexity index is 546. The lowest BCUT2D eigenvalue weighted by atomic mass is 10.1. The summed E-state index contributed by atoms with van der Waals surface area (Å²) in [7, 11) is 0. The molecule has 0 radical (unpaired) electrons. The second kappa shape index (κ2) is 7.17. The molecule has 0 saturated heterocycles. The summed E-state index contributed by atoms with van der Waals surface area (Å²) in [6, 6.07) is 9.61. The number of hydrogen-bond donors (Lipinski definition) is 1. The van der Waals surface area contributed by atoms with E-state index in [0.717, 1.165) is 11.1 Å². The molecule has 0 aliphatic heterocycles. The summed E-state index contributed by atoms with van der Waals surface area (Å²) in [5, 5.41) is 9.24. The van der Waals surface area contributed by atoms with Gasteiger partial charge in [-0.15, -0.1) is 0 Å². The summed E-state index contributed by atoms with van der Waals surface area (Å²) >= 11 is 0. The van der Waals surface area contributed by atoms with Gasteiger partial charge < -0.3 is 5.11 Å². The van der Waals surface area contributed by atoms with E-state index in [1.165, 1.54) is 0 Å². The summed E-state index contributed by atoms with van der Waals surface area (Å²) in [6.45, 7) is 7.32. The molecule has 0 aliphatic carbocycles. The zero-order chi connectivity index (χ0) is 14.3. The van der Waals surface area contributed by atoms with Crippen molar-refractivity contribution in [3.8, 4) is 0 Å². The molecule has 1 rings (SSSR count). The highest BCUT2D eigenvalue weighted by Gasteiger charge is 2.06. The Labute approximate surface area is 114 Å². The van der Waals surface area contributed by atoms with Crippen LogP contribution in [0.25, 0.3) is 6.08 Å². The van der Waals surface area contributed by atoms with E-state index in [0.29, 0.717) is 5.57 Å². The maximum absolute atomic E-state index is 11.3. The van der Waals surface area contributed by atoms with E-state index in [4.69, 9.17) is 0 Å². The van der Waals surface area contributed by atoms with Crippen LogP contribution in [-0.4, -0.2) is 11.1 Å². The van der Waals surface area contributed by atoms with Gasteiger partial charge in [0.25, 0.3) is 0 Å². The van der Waals surface area contributed by atoms with E-state index in [1.54, 1.807) is 25.2 Å². The third-order valence-electron chi connectivity index (χ3n) is 2.66. The van der Waals surface area contributed by atoms with Crippen LogP contribution in [0.5, 0.6) is 0 Å². The van der Waals surface area contributed by atoms with Crippen LogP contribution in [0.1, 0.15) is 19.4 Å². The smallest absolute Gasteiger partial charge is 0.335 e. The molecule has 0 heterocycles. The van der Waals surface area contributed by atoms with Crippen LogP contribution in [0.3, 0.4) is 0 Å². The molecule has 0 aromatic heterocycles. The molecule has 1 aromatic carbocycles. The third kappa shape index (κ3) is 4.80. The van der Waals surface area contributed by atoms with Crippen LogP contribution >= 0.6 is 0 Å². The van der Waals surface area contributed by atoms with Gasteiger partial charge in [0.15, 0.2) is 0 Å². The fourth-order valence-electron chi connectivity index (χ4n) is 1.59. The van der Waals surface area contributed by atoms with E-state index in [9.17, 15) is 9.90 Å². The minimum atomic E-state index is -0.933. The topological polar surface area (TPSA) is 37.3 Å². The van der Waals surface area contributed by atoms with Crippen LogP contribution < -0.4 is 0 Å². The minimum absolute atomic E-state index is 0.282. The predicted molar refractivity (Wildman–Crippen MR) is 79.8 cm³/mol. The van der Waals surface area contributed by atoms with Crippen LogP contribution in [0.4, 0.5) is 0 Å². The first-order valence-corrected chi connectivity index (χ1v) is 6.02. The van der Waals surface area contributed by atoms with E-state index in [-0.39, 0.29) is 5.57 Å². The summed E-state index contributed by atoms with van der Waals surface area (Å²) in [5.41, 5.74) is 2.89. The number of hydrogen-bond acceptors (Lipinski definition) is 1. The number of benzene rings is 1. The fourth-order valence-corrected chi connectivity index (χ4v) is 1.59. The normalized spacial score (nSPS) is 13.3. The van der Waals surface area contributed by atoms with Crippen molar-refractivity contribution in [1.29, 1.82) is 0 Å². The quantitative estimate of drug-likeness (QED) is 0.630. The molecule has 1 aromatic rings. The number of carbonyl (C=O) groups is 1. The molecule has 0 amide bonds. The monoisotopic (exact) mass is 254 g/mol. The lowest BCUT2D eigenvalue weighted by Gasteiger charge is -2.01. The Morgan fingerprint density at radius 3 is 2.37 bits per heavy atom. The van der Waals surface area contributed by atoms with Crippen LogP contribution in [0.15, 0.2) is 71.9 Å². The highest BCUT2D eigenvalue weighted by atomic mass is 16.4. The van der Waals surface area contributed by atoms with Crippen LogP contribution in [0.2, 0.25) is 0 Å². The van der Waals surface area contributed by atoms with Crippen molar-refractivity contribution in [2.75, 3.05) is 0 Å². The first-order chi connectivity index (χ1) is 9.04. The molecular formula is C17H18O2. The number of carboxylic acid groups (broad SMARTS) is 1. The molecule has 98 valence electrons. The Morgan fingerprint density at radius 2 is 1.84 bits per heavy atom. The molecule has 0 atom stereocenters. The molecule has 0 saturated carbocycles. The molecular weight excluding hydrogens is 236 g/mol. The summed E-state index contributed by atoms with van der Waals surface area (Å²) in [4.78, 5) is 11.3. The summed E-state index contributed by atoms with van der Waals surface area (Å²) in [5.74, 6) is -0.933. The zero-order valence-corrected chi connectivity index (χ0v) is 11.3. The fraction of sp³-hybridized carbons (Fsp3) is 0.118. The van der Waals surface area contributed by atoms with E-state index in [1.807, 2.05) is 43.3 Å². The maximum Gasteiger partial charge on any atom is 0.335 e. The van der Waals surface area contributed by atoms with Crippen molar-refractivity contribution in [3.63, 3.8) is 0 Å². The maximum atomic E-state index is 11.3. The molecule has 19 heavy (non-hydrogen) atoms. The van der Waals surface area contributed by atoms with Crippen molar-refractivity contribution < 1.29 is 9.90 Å². The van der Waals surface area contributed by atoms with Crippen molar-refractivity contribution >= 4 is 12.0 Å². The van der Waals surface area contributed by atoms with Gasteiger partial charge in [-0.25, -0.2) is 4.79 Å². The van der Waals surface area contributed by atoms with Gasteiger partial charge in [0, 0.05) is 0 Å². The van der Waals surface area contributed by atoms with Gasteiger partial charge in [-0.1, -0.05) is 60.7 Å². The largest absolute Gasteiger partial charge is 0.478 e. The molecule has 0 unspecified atom stereocenters. The number of allylic oxidation sites excluding steroid dienone is 4. The van der Waals surface area contributed by atoms with Crippen molar-refractivity contribution in [1.82, 2.24) is 0 Å². The standard InChI is InChI=1S/C17H18O2/c1-4-13(2)12-14(3)16(17(18)19)11-10-15-8-6-5-7-9-15/h4-12H,1H2,2-3H3,(H,18,19). The molecule has 0 spiro atoms. The molecule has 2 heteroatoms. The van der Waals surface area contributed by atoms with Gasteiger partial charge in [-0.2, -0.15) is 0 Å². The van der Waals surface area contributed by atoms with Gasteiger partial charge in [0.1, 0.15) is 0 Å². The Balaban J connectivity index is 3.09. The Kier molecular flexibility index (Phi) is 5.55. The Hall–Kier alpha value is -2.35. The SMILES string of the molecule is C=CC(C)=CC(C)=C(C=Cc1ccccc1)C(=O)O. The lowest BCUT2D eigenvalue weighted by Crippen LogP contribution is -2.00. The zero-order valence-electron chi connectivity index (χ0n) is 11.3. The first-order valence-electron chi connectivity index (χ1n) is 6.02. The second-order valence-electron chi connectivity index (χ2n) is 4.24. The van der Waals surface area contributed by atoms with E-state index < -0.39 is 5.97 Å². The van der Waals surface area contributed by atoms with Crippen molar-refractivity contribution in [2.45, 2.75) is 13.8 Å². The molecule has 1 N–H and O–H groups in total. The summed E-state index contributed by atoms with van der Waals surface area (Å²) in [6.07, 6.45) is 6.93. The van der Waals surface area contributed by atoms with Gasteiger partial charge in [-0.05, 0) is 31.1 Å². The van der Waals surface area contributed by atoms with Crippen LogP contribution in [0, 0.1) is 0 Å². The Morgan fingerprint density at radius 1 is 1.21 bits per heavy atom. The second-order valence-corrected chi connectivity index (χ2v) is 4.24. The predicted octanol–water partition coefficient (Wildman–Crippen LogP) is 4.23. The minimum Gasteiger partial charge on any atom is -0.478 e. The average molecular weight is 254 g/mol. The van der Waals surface area contributed by atoms with Gasteiger partial charge in [0.05, 0.1) is 5.57 Å². The number of carboxylic acids is 1. The highest BCUT2D eigenvalue weighted by Crippen LogP contribution is 2.13. The molecule has 0 bridgehead atoms. The van der Waals surface area contributed by atoms with E-state index >= 15 is 0 Å².